The Morgan fingerprint density at radius 3 is 2.40 bits per heavy atom. The molecule has 1 N–H and O–H groups in total. The van der Waals surface area contributed by atoms with E-state index in [9.17, 15) is 4.79 Å². The van der Waals surface area contributed by atoms with Crippen molar-refractivity contribution in [2.24, 2.45) is 0 Å². The Hall–Kier alpha value is -3.38. The van der Waals surface area contributed by atoms with Gasteiger partial charge in [0.15, 0.2) is 5.16 Å². The lowest BCUT2D eigenvalue weighted by Gasteiger charge is -2.18. The zero-order chi connectivity index (χ0) is 20.9. The van der Waals surface area contributed by atoms with E-state index in [0.29, 0.717) is 5.16 Å². The molecule has 150 valence electrons. The largest absolute Gasteiger partial charge is 0.325 e. The van der Waals surface area contributed by atoms with Gasteiger partial charge in [-0.2, -0.15) is 0 Å². The molecule has 0 spiro atoms. The molecule has 1 amide bonds. The summed E-state index contributed by atoms with van der Waals surface area (Å²) in [5.74, 6) is -0.0949. The van der Waals surface area contributed by atoms with E-state index in [1.807, 2.05) is 97.3 Å². The topological polar surface area (TPSA) is 59.8 Å². The van der Waals surface area contributed by atoms with E-state index in [1.54, 1.807) is 6.33 Å². The van der Waals surface area contributed by atoms with Gasteiger partial charge in [0.25, 0.3) is 0 Å². The molecular formula is C24H22N4OS. The second kappa shape index (κ2) is 8.97. The van der Waals surface area contributed by atoms with Crippen LogP contribution in [0, 0.1) is 13.8 Å². The van der Waals surface area contributed by atoms with Gasteiger partial charge in [-0.15, -0.1) is 10.2 Å². The van der Waals surface area contributed by atoms with E-state index in [4.69, 9.17) is 0 Å². The number of hydrogen-bond donors (Lipinski definition) is 1. The lowest BCUT2D eigenvalue weighted by Crippen LogP contribution is -2.20. The van der Waals surface area contributed by atoms with Crippen LogP contribution >= 0.6 is 11.8 Å². The summed E-state index contributed by atoms with van der Waals surface area (Å²) in [4.78, 5) is 13.4. The first-order chi connectivity index (χ1) is 14.6. The van der Waals surface area contributed by atoms with E-state index in [2.05, 4.69) is 15.5 Å². The van der Waals surface area contributed by atoms with E-state index >= 15 is 0 Å². The minimum Gasteiger partial charge on any atom is -0.325 e. The predicted molar refractivity (Wildman–Crippen MR) is 121 cm³/mol. The summed E-state index contributed by atoms with van der Waals surface area (Å²) in [6.07, 6.45) is 1.67. The minimum absolute atomic E-state index is 0.0949. The Labute approximate surface area is 180 Å². The Bertz CT molecular complexity index is 1140. The van der Waals surface area contributed by atoms with Crippen molar-refractivity contribution in [1.29, 1.82) is 0 Å². The molecular weight excluding hydrogens is 392 g/mol. The van der Waals surface area contributed by atoms with Crippen LogP contribution in [0.1, 0.15) is 21.9 Å². The molecule has 0 fully saturated rings. The highest BCUT2D eigenvalue weighted by atomic mass is 32.2. The number of carbonyl (C=O) groups excluding carboxylic acids is 1. The van der Waals surface area contributed by atoms with Gasteiger partial charge in [-0.3, -0.25) is 9.36 Å². The predicted octanol–water partition coefficient (Wildman–Crippen LogP) is 5.36. The van der Waals surface area contributed by atoms with Gasteiger partial charge < -0.3 is 5.32 Å². The van der Waals surface area contributed by atoms with Crippen molar-refractivity contribution in [3.05, 3.63) is 102 Å². The van der Waals surface area contributed by atoms with Crippen molar-refractivity contribution in [3.63, 3.8) is 0 Å². The van der Waals surface area contributed by atoms with E-state index in [-0.39, 0.29) is 5.91 Å². The Balaban J connectivity index is 1.66. The smallest absolute Gasteiger partial charge is 0.242 e. The number of anilines is 1. The van der Waals surface area contributed by atoms with Crippen LogP contribution in [-0.4, -0.2) is 20.7 Å². The number of rotatable bonds is 6. The van der Waals surface area contributed by atoms with Crippen LogP contribution < -0.4 is 5.32 Å². The molecule has 3 aromatic carbocycles. The molecule has 4 aromatic rings. The first-order valence-electron chi connectivity index (χ1n) is 9.67. The molecule has 6 heteroatoms. The molecule has 30 heavy (non-hydrogen) atoms. The number of carbonyl (C=O) groups is 1. The molecule has 1 atom stereocenters. The summed E-state index contributed by atoms with van der Waals surface area (Å²) in [6, 6.07) is 25.7. The van der Waals surface area contributed by atoms with E-state index in [1.165, 1.54) is 11.8 Å². The van der Waals surface area contributed by atoms with Gasteiger partial charge in [0, 0.05) is 11.4 Å². The summed E-state index contributed by atoms with van der Waals surface area (Å²) >= 11 is 1.38. The number of aromatic nitrogens is 3. The van der Waals surface area contributed by atoms with Gasteiger partial charge in [0.2, 0.25) is 5.91 Å². The van der Waals surface area contributed by atoms with Crippen LogP contribution in [0.5, 0.6) is 0 Å². The number of para-hydroxylation sites is 1. The second-order valence-corrected chi connectivity index (χ2v) is 8.11. The first kappa shape index (κ1) is 19.9. The van der Waals surface area contributed by atoms with Crippen molar-refractivity contribution in [3.8, 4) is 5.69 Å². The van der Waals surface area contributed by atoms with Crippen LogP contribution in [0.2, 0.25) is 0 Å². The van der Waals surface area contributed by atoms with Crippen LogP contribution in [0.3, 0.4) is 0 Å². The Kier molecular flexibility index (Phi) is 5.95. The molecule has 1 heterocycles. The first-order valence-corrected chi connectivity index (χ1v) is 10.5. The quantitative estimate of drug-likeness (QED) is 0.432. The summed E-state index contributed by atoms with van der Waals surface area (Å²) in [5, 5.41) is 11.6. The molecule has 0 saturated carbocycles. The summed E-state index contributed by atoms with van der Waals surface area (Å²) in [5.41, 5.74) is 4.81. The summed E-state index contributed by atoms with van der Waals surface area (Å²) < 4.78 is 1.89. The second-order valence-electron chi connectivity index (χ2n) is 7.04. The molecule has 0 aliphatic rings. The van der Waals surface area contributed by atoms with Crippen molar-refractivity contribution in [1.82, 2.24) is 14.8 Å². The van der Waals surface area contributed by atoms with Gasteiger partial charge >= 0.3 is 0 Å². The van der Waals surface area contributed by atoms with Crippen molar-refractivity contribution in [2.45, 2.75) is 24.3 Å². The number of hydrogen-bond acceptors (Lipinski definition) is 4. The van der Waals surface area contributed by atoms with Gasteiger partial charge in [0.1, 0.15) is 11.6 Å². The fourth-order valence-electron chi connectivity index (χ4n) is 3.15. The monoisotopic (exact) mass is 414 g/mol. The number of amides is 1. The third-order valence-electron chi connectivity index (χ3n) is 4.77. The Morgan fingerprint density at radius 1 is 0.967 bits per heavy atom. The number of benzene rings is 3. The number of thioether (sulfide) groups is 1. The van der Waals surface area contributed by atoms with Crippen LogP contribution in [0.15, 0.2) is 90.3 Å². The molecule has 1 unspecified atom stereocenters. The molecule has 1 aromatic heterocycles. The van der Waals surface area contributed by atoms with E-state index < -0.39 is 5.25 Å². The average Bonchev–Trinajstić information content (AvgIpc) is 3.24. The number of nitrogens with one attached hydrogen (secondary N) is 1. The van der Waals surface area contributed by atoms with E-state index in [0.717, 1.165) is 28.1 Å². The van der Waals surface area contributed by atoms with Crippen LogP contribution in [0.4, 0.5) is 5.69 Å². The van der Waals surface area contributed by atoms with Crippen molar-refractivity contribution < 1.29 is 4.79 Å². The lowest BCUT2D eigenvalue weighted by atomic mass is 10.1. The summed E-state index contributed by atoms with van der Waals surface area (Å²) in [7, 11) is 0. The molecule has 4 rings (SSSR count). The highest BCUT2D eigenvalue weighted by Crippen LogP contribution is 2.36. The lowest BCUT2D eigenvalue weighted by molar-refractivity contribution is -0.115. The third-order valence-corrected chi connectivity index (χ3v) is 5.98. The maximum absolute atomic E-state index is 13.4. The molecule has 5 nitrogen and oxygen atoms in total. The van der Waals surface area contributed by atoms with Crippen LogP contribution in [0.25, 0.3) is 5.69 Å². The highest BCUT2D eigenvalue weighted by Gasteiger charge is 2.25. The fraction of sp³-hybridized carbons (Fsp3) is 0.125. The average molecular weight is 415 g/mol. The molecule has 0 aliphatic heterocycles. The number of nitrogens with zero attached hydrogens (tertiary/aromatic N) is 3. The fourth-order valence-corrected chi connectivity index (χ4v) is 4.18. The minimum atomic E-state index is -0.474. The Morgan fingerprint density at radius 2 is 1.67 bits per heavy atom. The summed E-state index contributed by atoms with van der Waals surface area (Å²) in [6.45, 7) is 4.01. The number of aryl methyl sites for hydroxylation is 2. The molecule has 0 aliphatic carbocycles. The molecule has 0 radical (unpaired) electrons. The van der Waals surface area contributed by atoms with Gasteiger partial charge in [-0.25, -0.2) is 0 Å². The highest BCUT2D eigenvalue weighted by molar-refractivity contribution is 8.00. The van der Waals surface area contributed by atoms with Crippen LogP contribution in [-0.2, 0) is 4.79 Å². The normalized spacial score (nSPS) is 11.8. The van der Waals surface area contributed by atoms with Crippen molar-refractivity contribution >= 4 is 23.4 Å². The van der Waals surface area contributed by atoms with Gasteiger partial charge in [0.05, 0.1) is 0 Å². The molecule has 0 saturated heterocycles. The maximum atomic E-state index is 13.4. The SMILES string of the molecule is Cc1ccc(C)c(NC(=O)C(Sc2nncn2-c2ccccc2)c2ccccc2)c1. The third kappa shape index (κ3) is 4.44. The zero-order valence-electron chi connectivity index (χ0n) is 16.8. The zero-order valence-corrected chi connectivity index (χ0v) is 17.6. The van der Waals surface area contributed by atoms with Crippen molar-refractivity contribution in [2.75, 3.05) is 5.32 Å². The molecule has 0 bridgehead atoms. The maximum Gasteiger partial charge on any atom is 0.242 e. The van der Waals surface area contributed by atoms with Gasteiger partial charge in [-0.05, 0) is 48.7 Å². The standard InChI is InChI=1S/C24H22N4OS/c1-17-13-14-18(2)21(15-17)26-23(29)22(19-9-5-3-6-10-19)30-24-27-25-16-28(24)20-11-7-4-8-12-20/h3-16,22H,1-2H3,(H,26,29). The van der Waals surface area contributed by atoms with Gasteiger partial charge in [-0.1, -0.05) is 72.4 Å².